The minimum absolute atomic E-state index is 0.119. The zero-order chi connectivity index (χ0) is 15.1. The summed E-state index contributed by atoms with van der Waals surface area (Å²) in [7, 11) is 3.13. The summed E-state index contributed by atoms with van der Waals surface area (Å²) < 4.78 is 10.4. The molecule has 6 heteroatoms. The Kier molecular flexibility index (Phi) is 5.45. The van der Waals surface area contributed by atoms with Gasteiger partial charge in [-0.15, -0.1) is 0 Å². The summed E-state index contributed by atoms with van der Waals surface area (Å²) in [6.07, 6.45) is 6.17. The van der Waals surface area contributed by atoms with Crippen molar-refractivity contribution in [1.29, 1.82) is 0 Å². The van der Waals surface area contributed by atoms with E-state index in [9.17, 15) is 0 Å². The van der Waals surface area contributed by atoms with E-state index in [1.54, 1.807) is 26.6 Å². The van der Waals surface area contributed by atoms with Gasteiger partial charge in [0.05, 0.1) is 26.5 Å². The molecular weight excluding hydrogens is 268 g/mol. The SMILES string of the molecule is CCCNC(c1cccnc1)c1ncc(OC)nc1OC. The van der Waals surface area contributed by atoms with Gasteiger partial charge in [-0.05, 0) is 24.6 Å². The summed E-state index contributed by atoms with van der Waals surface area (Å²) in [6, 6.07) is 3.79. The van der Waals surface area contributed by atoms with Gasteiger partial charge in [-0.2, -0.15) is 4.98 Å². The van der Waals surface area contributed by atoms with Gasteiger partial charge in [-0.1, -0.05) is 13.0 Å². The zero-order valence-electron chi connectivity index (χ0n) is 12.5. The Morgan fingerprint density at radius 3 is 2.71 bits per heavy atom. The van der Waals surface area contributed by atoms with Gasteiger partial charge in [-0.3, -0.25) is 4.98 Å². The second kappa shape index (κ2) is 7.54. The lowest BCUT2D eigenvalue weighted by molar-refractivity contribution is 0.352. The number of rotatable bonds is 7. The molecule has 6 nitrogen and oxygen atoms in total. The minimum Gasteiger partial charge on any atom is -0.480 e. The Labute approximate surface area is 124 Å². The van der Waals surface area contributed by atoms with E-state index < -0.39 is 0 Å². The van der Waals surface area contributed by atoms with Gasteiger partial charge in [0.15, 0.2) is 0 Å². The number of hydrogen-bond donors (Lipinski definition) is 1. The molecule has 0 bridgehead atoms. The van der Waals surface area contributed by atoms with Gasteiger partial charge in [0.2, 0.25) is 11.8 Å². The van der Waals surface area contributed by atoms with Crippen molar-refractivity contribution in [3.8, 4) is 11.8 Å². The van der Waals surface area contributed by atoms with Gasteiger partial charge in [0, 0.05) is 12.4 Å². The lowest BCUT2D eigenvalue weighted by Gasteiger charge is -2.19. The number of nitrogens with zero attached hydrogens (tertiary/aromatic N) is 3. The molecule has 0 radical (unpaired) electrons. The molecule has 0 saturated carbocycles. The Hall–Kier alpha value is -2.21. The number of hydrogen-bond acceptors (Lipinski definition) is 6. The van der Waals surface area contributed by atoms with Crippen molar-refractivity contribution in [2.45, 2.75) is 19.4 Å². The fraction of sp³-hybridized carbons (Fsp3) is 0.400. The molecular formula is C15H20N4O2. The van der Waals surface area contributed by atoms with Gasteiger partial charge < -0.3 is 14.8 Å². The molecule has 1 atom stereocenters. The summed E-state index contributed by atoms with van der Waals surface area (Å²) in [5, 5.41) is 3.45. The molecule has 21 heavy (non-hydrogen) atoms. The van der Waals surface area contributed by atoms with E-state index in [4.69, 9.17) is 9.47 Å². The van der Waals surface area contributed by atoms with E-state index in [1.165, 1.54) is 0 Å². The van der Waals surface area contributed by atoms with Crippen LogP contribution in [0.5, 0.6) is 11.8 Å². The quantitative estimate of drug-likeness (QED) is 0.840. The van der Waals surface area contributed by atoms with Gasteiger partial charge in [-0.25, -0.2) is 4.98 Å². The highest BCUT2D eigenvalue weighted by Gasteiger charge is 2.21. The molecule has 2 aromatic heterocycles. The molecule has 0 fully saturated rings. The first-order valence-electron chi connectivity index (χ1n) is 6.88. The smallest absolute Gasteiger partial charge is 0.240 e. The molecule has 1 unspecified atom stereocenters. The molecule has 1 N–H and O–H groups in total. The Balaban J connectivity index is 2.41. The van der Waals surface area contributed by atoms with Crippen molar-refractivity contribution in [2.24, 2.45) is 0 Å². The third-order valence-electron chi connectivity index (χ3n) is 3.04. The summed E-state index contributed by atoms with van der Waals surface area (Å²) in [4.78, 5) is 12.9. The largest absolute Gasteiger partial charge is 0.480 e. The van der Waals surface area contributed by atoms with E-state index in [1.807, 2.05) is 18.3 Å². The van der Waals surface area contributed by atoms with Crippen molar-refractivity contribution in [2.75, 3.05) is 20.8 Å². The molecule has 0 aliphatic rings. The molecule has 2 rings (SSSR count). The average molecular weight is 288 g/mol. The average Bonchev–Trinajstić information content (AvgIpc) is 2.56. The molecule has 0 saturated heterocycles. The molecule has 0 aliphatic heterocycles. The van der Waals surface area contributed by atoms with E-state index in [-0.39, 0.29) is 6.04 Å². The van der Waals surface area contributed by atoms with Crippen LogP contribution in [-0.2, 0) is 0 Å². The van der Waals surface area contributed by atoms with Crippen molar-refractivity contribution in [3.05, 3.63) is 42.0 Å². The second-order valence-electron chi connectivity index (χ2n) is 4.48. The van der Waals surface area contributed by atoms with Crippen LogP contribution in [-0.4, -0.2) is 35.7 Å². The van der Waals surface area contributed by atoms with Crippen LogP contribution in [0, 0.1) is 0 Å². The second-order valence-corrected chi connectivity index (χ2v) is 4.48. The Morgan fingerprint density at radius 1 is 1.24 bits per heavy atom. The van der Waals surface area contributed by atoms with Gasteiger partial charge in [0.25, 0.3) is 0 Å². The first kappa shape index (κ1) is 15.2. The monoisotopic (exact) mass is 288 g/mol. The number of methoxy groups -OCH3 is 2. The van der Waals surface area contributed by atoms with Crippen molar-refractivity contribution in [3.63, 3.8) is 0 Å². The predicted octanol–water partition coefficient (Wildman–Crippen LogP) is 1.98. The van der Waals surface area contributed by atoms with Crippen LogP contribution in [0.3, 0.4) is 0 Å². The highest BCUT2D eigenvalue weighted by Crippen LogP contribution is 2.27. The maximum Gasteiger partial charge on any atom is 0.240 e. The highest BCUT2D eigenvalue weighted by molar-refractivity contribution is 5.33. The van der Waals surface area contributed by atoms with Crippen LogP contribution in [0.4, 0.5) is 0 Å². The summed E-state index contributed by atoms with van der Waals surface area (Å²) >= 11 is 0. The van der Waals surface area contributed by atoms with Crippen molar-refractivity contribution >= 4 is 0 Å². The van der Waals surface area contributed by atoms with Gasteiger partial charge >= 0.3 is 0 Å². The van der Waals surface area contributed by atoms with Crippen LogP contribution in [0.15, 0.2) is 30.7 Å². The third-order valence-corrected chi connectivity index (χ3v) is 3.04. The van der Waals surface area contributed by atoms with Crippen molar-refractivity contribution in [1.82, 2.24) is 20.3 Å². The van der Waals surface area contributed by atoms with Crippen LogP contribution in [0.2, 0.25) is 0 Å². The molecule has 2 aromatic rings. The lowest BCUT2D eigenvalue weighted by Crippen LogP contribution is -2.25. The fourth-order valence-corrected chi connectivity index (χ4v) is 2.02. The first-order valence-corrected chi connectivity index (χ1v) is 6.88. The normalized spacial score (nSPS) is 12.0. The molecule has 0 spiro atoms. The first-order chi connectivity index (χ1) is 10.3. The number of nitrogens with one attached hydrogen (secondary N) is 1. The van der Waals surface area contributed by atoms with Crippen molar-refractivity contribution < 1.29 is 9.47 Å². The molecule has 112 valence electrons. The van der Waals surface area contributed by atoms with Crippen LogP contribution < -0.4 is 14.8 Å². The topological polar surface area (TPSA) is 69.2 Å². The molecule has 0 aliphatic carbocycles. The maximum atomic E-state index is 5.36. The number of aromatic nitrogens is 3. The van der Waals surface area contributed by atoms with E-state index in [0.29, 0.717) is 11.8 Å². The Morgan fingerprint density at radius 2 is 2.10 bits per heavy atom. The number of pyridine rings is 1. The molecule has 0 aromatic carbocycles. The maximum absolute atomic E-state index is 5.36. The third kappa shape index (κ3) is 3.66. The summed E-state index contributed by atoms with van der Waals surface area (Å²) in [6.45, 7) is 2.97. The predicted molar refractivity (Wildman–Crippen MR) is 79.5 cm³/mol. The zero-order valence-corrected chi connectivity index (χ0v) is 12.5. The summed E-state index contributed by atoms with van der Waals surface area (Å²) in [5.41, 5.74) is 1.74. The fourth-order valence-electron chi connectivity index (χ4n) is 2.02. The van der Waals surface area contributed by atoms with Crippen LogP contribution >= 0.6 is 0 Å². The van der Waals surface area contributed by atoms with E-state index in [0.717, 1.165) is 24.2 Å². The van der Waals surface area contributed by atoms with Crippen LogP contribution in [0.25, 0.3) is 0 Å². The highest BCUT2D eigenvalue weighted by atomic mass is 16.5. The van der Waals surface area contributed by atoms with E-state index >= 15 is 0 Å². The van der Waals surface area contributed by atoms with Crippen LogP contribution in [0.1, 0.15) is 30.6 Å². The van der Waals surface area contributed by atoms with E-state index in [2.05, 4.69) is 27.2 Å². The Bertz CT molecular complexity index is 563. The lowest BCUT2D eigenvalue weighted by atomic mass is 10.1. The molecule has 0 amide bonds. The number of ether oxygens (including phenoxy) is 2. The summed E-state index contributed by atoms with van der Waals surface area (Å²) in [5.74, 6) is 0.878. The molecule has 2 heterocycles. The standard InChI is InChI=1S/C15H20N4O2/c1-4-7-17-13(11-6-5-8-16-9-11)14-15(21-3)19-12(20-2)10-18-14/h5-6,8-10,13,17H,4,7H2,1-3H3. The van der Waals surface area contributed by atoms with Gasteiger partial charge in [0.1, 0.15) is 5.69 Å². The minimum atomic E-state index is -0.119.